The van der Waals surface area contributed by atoms with Gasteiger partial charge in [0, 0.05) is 24.7 Å². The second kappa shape index (κ2) is 10.8. The van der Waals surface area contributed by atoms with Crippen molar-refractivity contribution in [1.29, 1.82) is 0 Å². The predicted molar refractivity (Wildman–Crippen MR) is 140 cm³/mol. The Bertz CT molecular complexity index is 1510. The summed E-state index contributed by atoms with van der Waals surface area (Å²) in [5.74, 6) is 2.36. The van der Waals surface area contributed by atoms with Crippen molar-refractivity contribution in [3.8, 4) is 5.75 Å². The molecule has 5 aromatic rings. The number of aromatic nitrogens is 5. The number of pyridine rings is 1. The number of furan rings is 1. The molecule has 190 valence electrons. The molecule has 9 nitrogen and oxygen atoms in total. The van der Waals surface area contributed by atoms with E-state index < -0.39 is 0 Å². The molecular formula is C28H30N6O3. The number of nitrogens with zero attached hydrogens (tertiary/aromatic N) is 5. The van der Waals surface area contributed by atoms with Crippen LogP contribution in [0.25, 0.3) is 10.9 Å². The second-order valence-corrected chi connectivity index (χ2v) is 9.43. The molecule has 3 heterocycles. The first-order valence-corrected chi connectivity index (χ1v) is 12.3. The van der Waals surface area contributed by atoms with Gasteiger partial charge in [-0.1, -0.05) is 44.2 Å². The van der Waals surface area contributed by atoms with Gasteiger partial charge in [-0.25, -0.2) is 4.68 Å². The number of fused-ring (bicyclic) bond motifs is 1. The van der Waals surface area contributed by atoms with E-state index in [0.29, 0.717) is 30.9 Å². The summed E-state index contributed by atoms with van der Waals surface area (Å²) < 4.78 is 12.6. The van der Waals surface area contributed by atoms with Gasteiger partial charge in [0.05, 0.1) is 24.9 Å². The van der Waals surface area contributed by atoms with E-state index in [2.05, 4.69) is 51.4 Å². The molecule has 0 fully saturated rings. The summed E-state index contributed by atoms with van der Waals surface area (Å²) in [5.41, 5.74) is 2.42. The van der Waals surface area contributed by atoms with E-state index in [4.69, 9.17) is 9.15 Å². The minimum atomic E-state index is -0.156. The maximum atomic E-state index is 13.2. The number of H-pyrrole nitrogens is 1. The Labute approximate surface area is 214 Å². The Morgan fingerprint density at radius 3 is 2.62 bits per heavy atom. The minimum absolute atomic E-state index is 0.128. The van der Waals surface area contributed by atoms with Crippen molar-refractivity contribution in [2.45, 2.75) is 39.5 Å². The van der Waals surface area contributed by atoms with Crippen LogP contribution in [0.1, 0.15) is 42.6 Å². The third-order valence-corrected chi connectivity index (χ3v) is 6.47. The normalized spacial score (nSPS) is 12.5. The van der Waals surface area contributed by atoms with Gasteiger partial charge in [-0.05, 0) is 57.6 Å². The highest BCUT2D eigenvalue weighted by molar-refractivity contribution is 5.80. The van der Waals surface area contributed by atoms with Gasteiger partial charge < -0.3 is 14.1 Å². The summed E-state index contributed by atoms with van der Waals surface area (Å²) in [5, 5.41) is 13.6. The van der Waals surface area contributed by atoms with Crippen molar-refractivity contribution in [3.05, 3.63) is 106 Å². The Kier molecular flexibility index (Phi) is 7.14. The molecule has 0 radical (unpaired) electrons. The largest absolute Gasteiger partial charge is 0.497 e. The maximum absolute atomic E-state index is 13.2. The molecular weight excluding hydrogens is 468 g/mol. The number of tetrazole rings is 1. The zero-order valence-corrected chi connectivity index (χ0v) is 21.2. The fourth-order valence-corrected chi connectivity index (χ4v) is 4.73. The first-order chi connectivity index (χ1) is 18.0. The average molecular weight is 499 g/mol. The SMILES string of the molecule is COc1ccc2cc(CN(Cc3ccccc3)[C@H](c3nnnn3Cc3ccco3)C(C)C)c(=O)[nH]c2c1. The van der Waals surface area contributed by atoms with Crippen LogP contribution in [0.5, 0.6) is 5.75 Å². The highest BCUT2D eigenvalue weighted by Crippen LogP contribution is 2.30. The minimum Gasteiger partial charge on any atom is -0.497 e. The molecule has 5 rings (SSSR count). The highest BCUT2D eigenvalue weighted by Gasteiger charge is 2.30. The highest BCUT2D eigenvalue weighted by atomic mass is 16.5. The third kappa shape index (κ3) is 5.46. The molecule has 0 spiro atoms. The van der Waals surface area contributed by atoms with Crippen LogP contribution < -0.4 is 10.3 Å². The molecule has 2 aromatic carbocycles. The summed E-state index contributed by atoms with van der Waals surface area (Å²) >= 11 is 0. The van der Waals surface area contributed by atoms with Gasteiger partial charge in [0.15, 0.2) is 5.82 Å². The van der Waals surface area contributed by atoms with Crippen molar-refractivity contribution in [3.63, 3.8) is 0 Å². The van der Waals surface area contributed by atoms with E-state index in [9.17, 15) is 4.79 Å². The van der Waals surface area contributed by atoms with Gasteiger partial charge in [0.25, 0.3) is 5.56 Å². The molecule has 3 aromatic heterocycles. The molecule has 0 aliphatic heterocycles. The van der Waals surface area contributed by atoms with Gasteiger partial charge in [-0.15, -0.1) is 5.10 Å². The molecule has 1 atom stereocenters. The quantitative estimate of drug-likeness (QED) is 0.301. The zero-order valence-electron chi connectivity index (χ0n) is 21.2. The Hall–Kier alpha value is -4.24. The van der Waals surface area contributed by atoms with Gasteiger partial charge in [0.2, 0.25) is 0 Å². The van der Waals surface area contributed by atoms with Crippen LogP contribution in [-0.2, 0) is 19.6 Å². The summed E-state index contributed by atoms with van der Waals surface area (Å²) in [4.78, 5) is 18.5. The smallest absolute Gasteiger partial charge is 0.252 e. The average Bonchev–Trinajstić information content (AvgIpc) is 3.57. The Morgan fingerprint density at radius 1 is 1.05 bits per heavy atom. The molecule has 0 aliphatic carbocycles. The standard InChI is InChI=1S/C28H30N6O3/c1-19(2)26(27-30-31-32-34(27)18-24-10-7-13-37-24)33(16-20-8-5-4-6-9-20)17-22-14-21-11-12-23(36-3)15-25(21)29-28(22)35/h4-15,19,26H,16-18H2,1-3H3,(H,29,35)/t26-/m0/s1. The fraction of sp³-hybridized carbons (Fsp3) is 0.286. The molecule has 0 saturated heterocycles. The number of aromatic amines is 1. The van der Waals surface area contributed by atoms with E-state index in [1.165, 1.54) is 0 Å². The second-order valence-electron chi connectivity index (χ2n) is 9.43. The lowest BCUT2D eigenvalue weighted by atomic mass is 9.99. The predicted octanol–water partition coefficient (Wildman–Crippen LogP) is 4.56. The van der Waals surface area contributed by atoms with Gasteiger partial charge in [-0.3, -0.25) is 9.69 Å². The monoisotopic (exact) mass is 498 g/mol. The molecule has 0 aliphatic rings. The van der Waals surface area contributed by atoms with Crippen molar-refractivity contribution in [2.24, 2.45) is 5.92 Å². The Morgan fingerprint density at radius 2 is 1.89 bits per heavy atom. The lowest BCUT2D eigenvalue weighted by Crippen LogP contribution is -2.35. The van der Waals surface area contributed by atoms with Crippen LogP contribution in [0.2, 0.25) is 0 Å². The lowest BCUT2D eigenvalue weighted by Gasteiger charge is -2.33. The van der Waals surface area contributed by atoms with Crippen LogP contribution in [0.3, 0.4) is 0 Å². The Balaban J connectivity index is 1.54. The van der Waals surface area contributed by atoms with Gasteiger partial charge in [-0.2, -0.15) is 0 Å². The lowest BCUT2D eigenvalue weighted by molar-refractivity contribution is 0.125. The number of hydrogen-bond donors (Lipinski definition) is 1. The molecule has 0 saturated carbocycles. The molecule has 0 bridgehead atoms. The molecule has 9 heteroatoms. The first kappa shape index (κ1) is 24.5. The summed E-state index contributed by atoms with van der Waals surface area (Å²) in [6.07, 6.45) is 1.64. The van der Waals surface area contributed by atoms with Crippen LogP contribution in [0, 0.1) is 5.92 Å². The number of rotatable bonds is 10. The van der Waals surface area contributed by atoms with Crippen molar-refractivity contribution >= 4 is 10.9 Å². The number of ether oxygens (including phenoxy) is 1. The van der Waals surface area contributed by atoms with E-state index >= 15 is 0 Å². The first-order valence-electron chi connectivity index (χ1n) is 12.3. The summed E-state index contributed by atoms with van der Waals surface area (Å²) in [7, 11) is 1.61. The molecule has 0 unspecified atom stereocenters. The van der Waals surface area contributed by atoms with E-state index in [-0.39, 0.29) is 17.5 Å². The summed E-state index contributed by atoms with van der Waals surface area (Å²) in [6, 6.07) is 21.5. The van der Waals surface area contributed by atoms with Crippen LogP contribution in [0.4, 0.5) is 0 Å². The van der Waals surface area contributed by atoms with Crippen LogP contribution in [0.15, 0.2) is 82.2 Å². The number of nitrogens with one attached hydrogen (secondary N) is 1. The van der Waals surface area contributed by atoms with Gasteiger partial charge in [0.1, 0.15) is 18.1 Å². The van der Waals surface area contributed by atoms with E-state index in [0.717, 1.165) is 28.1 Å². The summed E-state index contributed by atoms with van der Waals surface area (Å²) in [6.45, 7) is 5.76. The number of hydrogen-bond acceptors (Lipinski definition) is 7. The van der Waals surface area contributed by atoms with Gasteiger partial charge >= 0.3 is 0 Å². The van der Waals surface area contributed by atoms with Crippen molar-refractivity contribution < 1.29 is 9.15 Å². The third-order valence-electron chi connectivity index (χ3n) is 6.47. The van der Waals surface area contributed by atoms with E-state index in [1.807, 2.05) is 54.6 Å². The van der Waals surface area contributed by atoms with Crippen molar-refractivity contribution in [1.82, 2.24) is 30.1 Å². The zero-order chi connectivity index (χ0) is 25.8. The molecule has 1 N–H and O–H groups in total. The maximum Gasteiger partial charge on any atom is 0.252 e. The van der Waals surface area contributed by atoms with Crippen LogP contribution >= 0.6 is 0 Å². The fourth-order valence-electron chi connectivity index (χ4n) is 4.73. The molecule has 0 amide bonds. The van der Waals surface area contributed by atoms with E-state index in [1.54, 1.807) is 18.1 Å². The molecule has 37 heavy (non-hydrogen) atoms. The number of methoxy groups -OCH3 is 1. The van der Waals surface area contributed by atoms with Crippen molar-refractivity contribution in [2.75, 3.05) is 7.11 Å². The topological polar surface area (TPSA) is 102 Å². The number of benzene rings is 2. The van der Waals surface area contributed by atoms with Crippen LogP contribution in [-0.4, -0.2) is 37.2 Å².